The van der Waals surface area contributed by atoms with Gasteiger partial charge in [0.05, 0.1) is 6.61 Å². The molecule has 19 heavy (non-hydrogen) atoms. The van der Waals surface area contributed by atoms with Crippen molar-refractivity contribution < 1.29 is 5.11 Å². The van der Waals surface area contributed by atoms with Gasteiger partial charge in [0.1, 0.15) is 0 Å². The zero-order valence-corrected chi connectivity index (χ0v) is 11.6. The summed E-state index contributed by atoms with van der Waals surface area (Å²) in [6, 6.07) is 9.82. The number of aromatic nitrogens is 1. The number of hydrogen-bond acceptors (Lipinski definition) is 2. The number of aliphatic hydroxyl groups is 1. The lowest BCUT2D eigenvalue weighted by Crippen LogP contribution is -2.14. The topological polar surface area (TPSA) is 42.2 Å². The van der Waals surface area contributed by atoms with Crippen LogP contribution in [-0.2, 0) is 6.61 Å². The average molecular weight is 257 g/mol. The van der Waals surface area contributed by atoms with Crippen LogP contribution in [0.15, 0.2) is 41.3 Å². The number of aryl methyl sites for hydroxylation is 1. The molecular formula is C16H19NO2. The number of nitrogens with zero attached hydrogens (tertiary/aromatic N) is 1. The highest BCUT2D eigenvalue weighted by atomic mass is 16.3. The second-order valence-corrected chi connectivity index (χ2v) is 5.08. The standard InChI is InChI=1S/C16H19NO2/c1-11(2)13-4-6-15(7-5-13)17-9-14(10-18)16(19)8-12(17)3/h4-9,11,18H,10H2,1-3H3. The highest BCUT2D eigenvalue weighted by Crippen LogP contribution is 2.17. The van der Waals surface area contributed by atoms with Crippen LogP contribution < -0.4 is 5.43 Å². The van der Waals surface area contributed by atoms with E-state index in [1.165, 1.54) is 5.56 Å². The summed E-state index contributed by atoms with van der Waals surface area (Å²) in [7, 11) is 0. The Balaban J connectivity index is 2.49. The second kappa shape index (κ2) is 5.41. The lowest BCUT2D eigenvalue weighted by molar-refractivity contribution is 0.280. The van der Waals surface area contributed by atoms with E-state index in [0.29, 0.717) is 11.5 Å². The Bertz CT molecular complexity index is 624. The predicted molar refractivity (Wildman–Crippen MR) is 76.8 cm³/mol. The number of benzene rings is 1. The maximum atomic E-state index is 11.6. The van der Waals surface area contributed by atoms with Crippen molar-refractivity contribution in [3.8, 4) is 5.69 Å². The highest BCUT2D eigenvalue weighted by molar-refractivity contribution is 5.38. The van der Waals surface area contributed by atoms with Gasteiger partial charge in [-0.3, -0.25) is 4.79 Å². The monoisotopic (exact) mass is 257 g/mol. The molecule has 2 rings (SSSR count). The molecule has 1 aromatic heterocycles. The van der Waals surface area contributed by atoms with E-state index in [-0.39, 0.29) is 12.0 Å². The normalized spacial score (nSPS) is 11.0. The van der Waals surface area contributed by atoms with E-state index in [4.69, 9.17) is 0 Å². The van der Waals surface area contributed by atoms with Crippen molar-refractivity contribution in [2.75, 3.05) is 0 Å². The Hall–Kier alpha value is -1.87. The summed E-state index contributed by atoms with van der Waals surface area (Å²) >= 11 is 0. The molecule has 0 atom stereocenters. The summed E-state index contributed by atoms with van der Waals surface area (Å²) in [4.78, 5) is 11.6. The molecule has 0 saturated carbocycles. The lowest BCUT2D eigenvalue weighted by Gasteiger charge is -2.13. The van der Waals surface area contributed by atoms with Crippen molar-refractivity contribution in [1.82, 2.24) is 4.57 Å². The number of aliphatic hydroxyl groups excluding tert-OH is 1. The summed E-state index contributed by atoms with van der Waals surface area (Å²) in [5.41, 5.74) is 3.44. The fourth-order valence-corrected chi connectivity index (χ4v) is 2.09. The minimum atomic E-state index is -0.233. The lowest BCUT2D eigenvalue weighted by atomic mass is 10.0. The van der Waals surface area contributed by atoms with Crippen LogP contribution in [0.2, 0.25) is 0 Å². The summed E-state index contributed by atoms with van der Waals surface area (Å²) in [5.74, 6) is 0.497. The van der Waals surface area contributed by atoms with Crippen LogP contribution >= 0.6 is 0 Å². The Kier molecular flexibility index (Phi) is 3.86. The number of rotatable bonds is 3. The van der Waals surface area contributed by atoms with Crippen LogP contribution in [0.3, 0.4) is 0 Å². The van der Waals surface area contributed by atoms with Crippen LogP contribution in [0.5, 0.6) is 0 Å². The van der Waals surface area contributed by atoms with Gasteiger partial charge in [-0.2, -0.15) is 0 Å². The zero-order chi connectivity index (χ0) is 14.0. The molecule has 3 heteroatoms. The maximum absolute atomic E-state index is 11.6. The molecule has 0 fully saturated rings. The predicted octanol–water partition coefficient (Wildman–Crippen LogP) is 2.76. The number of hydrogen-bond donors (Lipinski definition) is 1. The van der Waals surface area contributed by atoms with Crippen LogP contribution in [0.1, 0.15) is 36.6 Å². The molecule has 0 bridgehead atoms. The van der Waals surface area contributed by atoms with E-state index in [9.17, 15) is 9.90 Å². The van der Waals surface area contributed by atoms with Gasteiger partial charge in [-0.15, -0.1) is 0 Å². The minimum Gasteiger partial charge on any atom is -0.391 e. The van der Waals surface area contributed by atoms with Crippen molar-refractivity contribution >= 4 is 0 Å². The van der Waals surface area contributed by atoms with Crippen molar-refractivity contribution in [3.63, 3.8) is 0 Å². The van der Waals surface area contributed by atoms with Gasteiger partial charge in [0.25, 0.3) is 0 Å². The van der Waals surface area contributed by atoms with E-state index < -0.39 is 0 Å². The first kappa shape index (κ1) is 13.6. The average Bonchev–Trinajstić information content (AvgIpc) is 2.39. The second-order valence-electron chi connectivity index (χ2n) is 5.08. The van der Waals surface area contributed by atoms with E-state index >= 15 is 0 Å². The molecule has 1 N–H and O–H groups in total. The van der Waals surface area contributed by atoms with Crippen molar-refractivity contribution in [2.45, 2.75) is 33.3 Å². The van der Waals surface area contributed by atoms with Crippen LogP contribution in [0.25, 0.3) is 5.69 Å². The molecule has 0 unspecified atom stereocenters. The van der Waals surface area contributed by atoms with E-state index in [2.05, 4.69) is 26.0 Å². The van der Waals surface area contributed by atoms with Crippen molar-refractivity contribution in [3.05, 3.63) is 63.6 Å². The fraction of sp³-hybridized carbons (Fsp3) is 0.312. The maximum Gasteiger partial charge on any atom is 0.187 e. The summed E-state index contributed by atoms with van der Waals surface area (Å²) in [6.45, 7) is 5.97. The van der Waals surface area contributed by atoms with Crippen LogP contribution in [-0.4, -0.2) is 9.67 Å². The third kappa shape index (κ3) is 2.76. The van der Waals surface area contributed by atoms with Gasteiger partial charge in [0.2, 0.25) is 0 Å². The molecule has 1 heterocycles. The molecule has 0 amide bonds. The molecule has 0 aliphatic rings. The summed E-state index contributed by atoms with van der Waals surface area (Å²) in [6.07, 6.45) is 1.71. The smallest absolute Gasteiger partial charge is 0.187 e. The largest absolute Gasteiger partial charge is 0.391 e. The first-order chi connectivity index (χ1) is 9.02. The van der Waals surface area contributed by atoms with Gasteiger partial charge in [-0.25, -0.2) is 0 Å². The van der Waals surface area contributed by atoms with E-state index in [1.807, 2.05) is 23.6 Å². The molecular weight excluding hydrogens is 238 g/mol. The van der Waals surface area contributed by atoms with Crippen LogP contribution in [0.4, 0.5) is 0 Å². The molecule has 3 nitrogen and oxygen atoms in total. The first-order valence-corrected chi connectivity index (χ1v) is 6.46. The number of pyridine rings is 1. The Morgan fingerprint density at radius 1 is 1.21 bits per heavy atom. The van der Waals surface area contributed by atoms with Crippen molar-refractivity contribution in [1.29, 1.82) is 0 Å². The van der Waals surface area contributed by atoms with Gasteiger partial charge in [-0.1, -0.05) is 26.0 Å². The van der Waals surface area contributed by atoms with Gasteiger partial charge >= 0.3 is 0 Å². The molecule has 1 aromatic carbocycles. The quantitative estimate of drug-likeness (QED) is 0.918. The SMILES string of the molecule is Cc1cc(=O)c(CO)cn1-c1ccc(C(C)C)cc1. The highest BCUT2D eigenvalue weighted by Gasteiger charge is 2.05. The summed E-state index contributed by atoms with van der Waals surface area (Å²) < 4.78 is 1.93. The van der Waals surface area contributed by atoms with Gasteiger partial charge in [-0.05, 0) is 30.5 Å². The van der Waals surface area contributed by atoms with Crippen LogP contribution in [0, 0.1) is 6.92 Å². The minimum absolute atomic E-state index is 0.116. The molecule has 100 valence electrons. The van der Waals surface area contributed by atoms with Gasteiger partial charge in [0.15, 0.2) is 5.43 Å². The van der Waals surface area contributed by atoms with E-state index in [0.717, 1.165) is 11.4 Å². The third-order valence-corrected chi connectivity index (χ3v) is 3.33. The first-order valence-electron chi connectivity index (χ1n) is 6.46. The Morgan fingerprint density at radius 2 is 1.84 bits per heavy atom. The molecule has 0 aliphatic heterocycles. The molecule has 2 aromatic rings. The fourth-order valence-electron chi connectivity index (χ4n) is 2.09. The molecule has 0 saturated heterocycles. The molecule has 0 aliphatic carbocycles. The van der Waals surface area contributed by atoms with E-state index in [1.54, 1.807) is 12.3 Å². The summed E-state index contributed by atoms with van der Waals surface area (Å²) in [5, 5.41) is 9.18. The van der Waals surface area contributed by atoms with Crippen molar-refractivity contribution in [2.24, 2.45) is 0 Å². The van der Waals surface area contributed by atoms with Gasteiger partial charge < -0.3 is 9.67 Å². The Labute approximate surface area is 113 Å². The third-order valence-electron chi connectivity index (χ3n) is 3.33. The Morgan fingerprint density at radius 3 is 2.37 bits per heavy atom. The molecule has 0 spiro atoms. The molecule has 0 radical (unpaired) electrons. The zero-order valence-electron chi connectivity index (χ0n) is 11.6. The van der Waals surface area contributed by atoms with Gasteiger partial charge in [0, 0.05) is 29.2 Å².